The van der Waals surface area contributed by atoms with Gasteiger partial charge in [-0.25, -0.2) is 0 Å². The summed E-state index contributed by atoms with van der Waals surface area (Å²) < 4.78 is 95.1. The highest BCUT2D eigenvalue weighted by Gasteiger charge is 2.63. The molecular formula is C9H12F6O4P-. The zero-order valence-electron chi connectivity index (χ0n) is 10.6. The van der Waals surface area contributed by atoms with E-state index in [1.54, 1.807) is 0 Å². The fourth-order valence-electron chi connectivity index (χ4n) is 1.84. The number of halogens is 6. The van der Waals surface area contributed by atoms with Gasteiger partial charge in [-0.05, 0) is 27.2 Å². The summed E-state index contributed by atoms with van der Waals surface area (Å²) in [7, 11) is -4.93. The average molecular weight is 329 g/mol. The molecular weight excluding hydrogens is 317 g/mol. The summed E-state index contributed by atoms with van der Waals surface area (Å²) in [5.74, 6) is -3.71. The van der Waals surface area contributed by atoms with Crippen molar-refractivity contribution in [3.05, 3.63) is 0 Å². The predicted molar refractivity (Wildman–Crippen MR) is 52.5 cm³/mol. The monoisotopic (exact) mass is 329 g/mol. The number of hydrogen-bond acceptors (Lipinski definition) is 4. The molecule has 0 aromatic rings. The quantitative estimate of drug-likeness (QED) is 0.577. The summed E-state index contributed by atoms with van der Waals surface area (Å²) in [5, 5.41) is 0. The first-order chi connectivity index (χ1) is 8.50. The highest BCUT2D eigenvalue weighted by atomic mass is 31.2. The molecule has 4 nitrogen and oxygen atoms in total. The van der Waals surface area contributed by atoms with Gasteiger partial charge in [0.05, 0.1) is 0 Å². The molecule has 1 aliphatic heterocycles. The maximum atomic E-state index is 12.5. The molecule has 0 saturated carbocycles. The lowest BCUT2D eigenvalue weighted by Crippen LogP contribution is -2.50. The Labute approximate surface area is 110 Å². The molecule has 0 amide bonds. The van der Waals surface area contributed by atoms with Crippen LogP contribution in [0, 0.1) is 5.92 Å². The maximum absolute atomic E-state index is 12.5. The predicted octanol–water partition coefficient (Wildman–Crippen LogP) is 3.17. The normalized spacial score (nSPS) is 34.8. The van der Waals surface area contributed by atoms with Gasteiger partial charge >= 0.3 is 12.4 Å². The molecule has 120 valence electrons. The van der Waals surface area contributed by atoms with Gasteiger partial charge in [-0.1, -0.05) is 0 Å². The summed E-state index contributed by atoms with van der Waals surface area (Å²) >= 11 is 0. The average Bonchev–Trinajstić information content (AvgIpc) is 2.23. The number of alkyl halides is 6. The standard InChI is InChI=1S/C9H13F6O4P/c1-6(2)7(3,19-20(16,17)18-6)4-5(8(10,11)12)9(13,14)15/h5H,4H2,1-3H3,(H,16,17)/p-1. The highest BCUT2D eigenvalue weighted by molar-refractivity contribution is 7.46. The summed E-state index contributed by atoms with van der Waals surface area (Å²) in [4.78, 5) is 11.2. The molecule has 0 aromatic heterocycles. The van der Waals surface area contributed by atoms with Gasteiger partial charge in [-0.15, -0.1) is 0 Å². The molecule has 20 heavy (non-hydrogen) atoms. The largest absolute Gasteiger partial charge is 0.756 e. The molecule has 2 unspecified atom stereocenters. The Kier molecular flexibility index (Phi) is 4.07. The molecule has 0 radical (unpaired) electrons. The van der Waals surface area contributed by atoms with Crippen LogP contribution in [0.3, 0.4) is 0 Å². The van der Waals surface area contributed by atoms with E-state index in [0.717, 1.165) is 20.8 Å². The van der Waals surface area contributed by atoms with Crippen molar-refractivity contribution in [3.63, 3.8) is 0 Å². The second kappa shape index (κ2) is 4.59. The lowest BCUT2D eigenvalue weighted by atomic mass is 9.80. The molecule has 0 aliphatic carbocycles. The van der Waals surface area contributed by atoms with E-state index in [2.05, 4.69) is 9.05 Å². The van der Waals surface area contributed by atoms with Gasteiger partial charge in [0, 0.05) is 0 Å². The minimum Gasteiger partial charge on any atom is -0.756 e. The number of rotatable bonds is 2. The Hall–Kier alpha value is -0.310. The van der Waals surface area contributed by atoms with Crippen molar-refractivity contribution >= 4 is 7.82 Å². The van der Waals surface area contributed by atoms with E-state index in [4.69, 9.17) is 0 Å². The fraction of sp³-hybridized carbons (Fsp3) is 1.00. The van der Waals surface area contributed by atoms with Crippen molar-refractivity contribution in [1.82, 2.24) is 0 Å². The molecule has 1 heterocycles. The summed E-state index contributed by atoms with van der Waals surface area (Å²) in [5.41, 5.74) is -4.13. The van der Waals surface area contributed by atoms with Gasteiger partial charge in [0.15, 0.2) is 5.92 Å². The molecule has 1 saturated heterocycles. The highest BCUT2D eigenvalue weighted by Crippen LogP contribution is 2.61. The Morgan fingerprint density at radius 2 is 1.45 bits per heavy atom. The van der Waals surface area contributed by atoms with Crippen molar-refractivity contribution in [2.24, 2.45) is 5.92 Å². The molecule has 2 atom stereocenters. The molecule has 0 spiro atoms. The zero-order valence-corrected chi connectivity index (χ0v) is 11.5. The topological polar surface area (TPSA) is 58.6 Å². The third kappa shape index (κ3) is 3.47. The minimum atomic E-state index is -5.57. The lowest BCUT2D eigenvalue weighted by Gasteiger charge is -2.37. The van der Waals surface area contributed by atoms with E-state index in [1.807, 2.05) is 0 Å². The van der Waals surface area contributed by atoms with Crippen LogP contribution in [-0.4, -0.2) is 23.6 Å². The van der Waals surface area contributed by atoms with Gasteiger partial charge in [0.25, 0.3) is 7.82 Å². The van der Waals surface area contributed by atoms with Gasteiger partial charge < -0.3 is 13.9 Å². The first-order valence-corrected chi connectivity index (χ1v) is 6.82. The number of phosphoric ester groups is 1. The first-order valence-electron chi connectivity index (χ1n) is 5.36. The Morgan fingerprint density at radius 3 is 1.70 bits per heavy atom. The van der Waals surface area contributed by atoms with Gasteiger partial charge in [0.2, 0.25) is 0 Å². The van der Waals surface area contributed by atoms with Crippen LogP contribution in [-0.2, 0) is 13.6 Å². The SMILES string of the molecule is CC1(C)OP(=O)([O-])OC1(C)CC(C(F)(F)F)C(F)(F)F. The van der Waals surface area contributed by atoms with Crippen LogP contribution in [0.15, 0.2) is 0 Å². The Balaban J connectivity index is 3.14. The molecule has 1 fully saturated rings. The van der Waals surface area contributed by atoms with E-state index >= 15 is 0 Å². The fourth-order valence-corrected chi connectivity index (χ4v) is 3.42. The zero-order chi connectivity index (χ0) is 16.2. The van der Waals surface area contributed by atoms with Crippen LogP contribution in [0.2, 0.25) is 0 Å². The van der Waals surface area contributed by atoms with Crippen molar-refractivity contribution in [1.29, 1.82) is 0 Å². The molecule has 0 bridgehead atoms. The smallest absolute Gasteiger partial charge is 0.400 e. The van der Waals surface area contributed by atoms with Crippen molar-refractivity contribution in [2.45, 2.75) is 50.7 Å². The summed E-state index contributed by atoms with van der Waals surface area (Å²) in [6, 6.07) is 0. The van der Waals surface area contributed by atoms with Crippen LogP contribution in [0.25, 0.3) is 0 Å². The maximum Gasteiger partial charge on any atom is 0.400 e. The first kappa shape index (κ1) is 17.7. The van der Waals surface area contributed by atoms with Gasteiger partial charge in [-0.2, -0.15) is 26.3 Å². The summed E-state index contributed by atoms with van der Waals surface area (Å²) in [6.07, 6.45) is -12.8. The molecule has 0 aromatic carbocycles. The number of hydrogen-bond donors (Lipinski definition) is 0. The molecule has 11 heteroatoms. The van der Waals surface area contributed by atoms with Crippen LogP contribution in [0.1, 0.15) is 27.2 Å². The van der Waals surface area contributed by atoms with E-state index < -0.39 is 43.7 Å². The van der Waals surface area contributed by atoms with E-state index in [-0.39, 0.29) is 0 Å². The van der Waals surface area contributed by atoms with Crippen LogP contribution in [0.5, 0.6) is 0 Å². The van der Waals surface area contributed by atoms with Crippen molar-refractivity contribution in [2.75, 3.05) is 0 Å². The molecule has 0 N–H and O–H groups in total. The van der Waals surface area contributed by atoms with Crippen molar-refractivity contribution in [3.8, 4) is 0 Å². The second-order valence-corrected chi connectivity index (χ2v) is 6.47. The summed E-state index contributed by atoms with van der Waals surface area (Å²) in [6.45, 7) is 2.94. The second-order valence-electron chi connectivity index (χ2n) is 5.21. The Morgan fingerprint density at radius 1 is 1.05 bits per heavy atom. The van der Waals surface area contributed by atoms with Crippen LogP contribution in [0.4, 0.5) is 26.3 Å². The van der Waals surface area contributed by atoms with E-state index in [1.165, 1.54) is 0 Å². The van der Waals surface area contributed by atoms with E-state index in [9.17, 15) is 35.8 Å². The third-order valence-corrected chi connectivity index (χ3v) is 4.62. The third-order valence-electron chi connectivity index (χ3n) is 3.31. The van der Waals surface area contributed by atoms with E-state index in [0.29, 0.717) is 0 Å². The van der Waals surface area contributed by atoms with Gasteiger partial charge in [-0.3, -0.25) is 4.57 Å². The van der Waals surface area contributed by atoms with Crippen LogP contribution >= 0.6 is 7.82 Å². The molecule has 1 aliphatic rings. The van der Waals surface area contributed by atoms with Gasteiger partial charge in [0.1, 0.15) is 11.2 Å². The van der Waals surface area contributed by atoms with Crippen molar-refractivity contribution < 1.29 is 44.8 Å². The molecule has 1 rings (SSSR count). The van der Waals surface area contributed by atoms with Crippen LogP contribution < -0.4 is 4.89 Å². The Bertz CT molecular complexity index is 417. The lowest BCUT2D eigenvalue weighted by molar-refractivity contribution is -0.296. The number of phosphoric acid groups is 1. The minimum absolute atomic E-state index is 0.842.